The van der Waals surface area contributed by atoms with Crippen molar-refractivity contribution >= 4 is 17.8 Å². The second-order valence-electron chi connectivity index (χ2n) is 6.85. The molecule has 0 aliphatic carbocycles. The van der Waals surface area contributed by atoms with Crippen LogP contribution < -0.4 is 9.47 Å². The average molecular weight is 400 g/mol. The number of ether oxygens (including phenoxy) is 3. The third-order valence-electron chi connectivity index (χ3n) is 4.72. The summed E-state index contributed by atoms with van der Waals surface area (Å²) in [6.07, 6.45) is 1.71. The van der Waals surface area contributed by atoms with Gasteiger partial charge >= 0.3 is 5.97 Å². The predicted octanol–water partition coefficient (Wildman–Crippen LogP) is 4.73. The summed E-state index contributed by atoms with van der Waals surface area (Å²) >= 11 is 0. The molecular weight excluding hydrogens is 380 g/mol. The number of hydrogen-bond acceptors (Lipinski definition) is 5. The van der Waals surface area contributed by atoms with E-state index in [0.717, 1.165) is 11.1 Å². The number of hydrogen-bond donors (Lipinski definition) is 0. The Morgan fingerprint density at radius 1 is 0.967 bits per heavy atom. The van der Waals surface area contributed by atoms with E-state index < -0.39 is 5.97 Å². The van der Waals surface area contributed by atoms with Crippen LogP contribution in [-0.2, 0) is 16.1 Å². The van der Waals surface area contributed by atoms with E-state index in [1.165, 1.54) is 0 Å². The first-order valence-electron chi connectivity index (χ1n) is 9.57. The highest BCUT2D eigenvalue weighted by Gasteiger charge is 2.30. The highest BCUT2D eigenvalue weighted by Crippen LogP contribution is 2.39. The summed E-state index contributed by atoms with van der Waals surface area (Å²) in [5.41, 5.74) is 2.93. The average Bonchev–Trinajstić information content (AvgIpc) is 3.09. The SMILES string of the molecule is Cc1c(OCC(=O)OCc2ccccc2)ccc2c1O/C(=C\c1ccccc1)C2=O. The van der Waals surface area contributed by atoms with Crippen LogP contribution in [0.15, 0.2) is 78.6 Å². The molecule has 1 aliphatic heterocycles. The molecule has 0 fully saturated rings. The van der Waals surface area contributed by atoms with Crippen LogP contribution >= 0.6 is 0 Å². The van der Waals surface area contributed by atoms with Crippen molar-refractivity contribution in [1.82, 2.24) is 0 Å². The number of benzene rings is 3. The van der Waals surface area contributed by atoms with Gasteiger partial charge in [-0.15, -0.1) is 0 Å². The van der Waals surface area contributed by atoms with Crippen molar-refractivity contribution in [1.29, 1.82) is 0 Å². The third kappa shape index (κ3) is 4.25. The van der Waals surface area contributed by atoms with E-state index in [9.17, 15) is 9.59 Å². The second kappa shape index (κ2) is 8.66. The van der Waals surface area contributed by atoms with E-state index in [4.69, 9.17) is 14.2 Å². The summed E-state index contributed by atoms with van der Waals surface area (Å²) in [4.78, 5) is 24.6. The smallest absolute Gasteiger partial charge is 0.344 e. The maximum absolute atomic E-state index is 12.6. The molecule has 4 rings (SSSR count). The van der Waals surface area contributed by atoms with Gasteiger partial charge in [0.25, 0.3) is 0 Å². The summed E-state index contributed by atoms with van der Waals surface area (Å²) in [7, 11) is 0. The first-order chi connectivity index (χ1) is 14.6. The molecule has 3 aromatic carbocycles. The Balaban J connectivity index is 1.42. The number of carbonyl (C=O) groups is 2. The molecule has 5 heteroatoms. The Hall–Kier alpha value is -3.86. The Morgan fingerprint density at radius 2 is 1.67 bits per heavy atom. The van der Waals surface area contributed by atoms with Crippen molar-refractivity contribution in [3.05, 3.63) is 101 Å². The lowest BCUT2D eigenvalue weighted by molar-refractivity contribution is -0.147. The van der Waals surface area contributed by atoms with E-state index in [-0.39, 0.29) is 24.8 Å². The molecule has 3 aromatic rings. The van der Waals surface area contributed by atoms with E-state index in [0.29, 0.717) is 22.6 Å². The van der Waals surface area contributed by atoms with Crippen LogP contribution in [0.4, 0.5) is 0 Å². The summed E-state index contributed by atoms with van der Waals surface area (Å²) in [6, 6.07) is 22.3. The molecule has 0 atom stereocenters. The molecule has 30 heavy (non-hydrogen) atoms. The fraction of sp³-hybridized carbons (Fsp3) is 0.120. The van der Waals surface area contributed by atoms with Crippen molar-refractivity contribution in [3.63, 3.8) is 0 Å². The number of ketones is 1. The molecule has 1 aliphatic rings. The topological polar surface area (TPSA) is 61.8 Å². The Morgan fingerprint density at radius 3 is 2.40 bits per heavy atom. The molecule has 1 heterocycles. The van der Waals surface area contributed by atoms with Gasteiger partial charge in [0.05, 0.1) is 5.56 Å². The van der Waals surface area contributed by atoms with Crippen LogP contribution in [0.3, 0.4) is 0 Å². The maximum Gasteiger partial charge on any atom is 0.344 e. The van der Waals surface area contributed by atoms with Gasteiger partial charge in [-0.05, 0) is 36.3 Å². The lowest BCUT2D eigenvalue weighted by Crippen LogP contribution is -2.15. The number of allylic oxidation sites excluding steroid dienone is 1. The van der Waals surface area contributed by atoms with Gasteiger partial charge in [-0.3, -0.25) is 4.79 Å². The van der Waals surface area contributed by atoms with E-state index in [1.807, 2.05) is 60.7 Å². The fourth-order valence-electron chi connectivity index (χ4n) is 3.14. The Bertz CT molecular complexity index is 1100. The van der Waals surface area contributed by atoms with Crippen molar-refractivity contribution in [2.45, 2.75) is 13.5 Å². The largest absolute Gasteiger partial charge is 0.481 e. The Kier molecular flexibility index (Phi) is 5.61. The van der Waals surface area contributed by atoms with Gasteiger partial charge in [0.2, 0.25) is 5.78 Å². The van der Waals surface area contributed by atoms with Gasteiger partial charge in [-0.1, -0.05) is 60.7 Å². The van der Waals surface area contributed by atoms with Crippen molar-refractivity contribution < 1.29 is 23.8 Å². The maximum atomic E-state index is 12.6. The molecule has 0 unspecified atom stereocenters. The summed E-state index contributed by atoms with van der Waals surface area (Å²) in [5, 5.41) is 0. The first kappa shape index (κ1) is 19.5. The minimum atomic E-state index is -0.472. The van der Waals surface area contributed by atoms with Crippen LogP contribution in [0, 0.1) is 6.92 Å². The van der Waals surface area contributed by atoms with Crippen LogP contribution in [0.1, 0.15) is 27.0 Å². The summed E-state index contributed by atoms with van der Waals surface area (Å²) in [5.74, 6) is 0.543. The highest BCUT2D eigenvalue weighted by molar-refractivity contribution is 6.14. The zero-order valence-electron chi connectivity index (χ0n) is 16.5. The molecule has 0 aromatic heterocycles. The molecule has 150 valence electrons. The van der Waals surface area contributed by atoms with Crippen molar-refractivity contribution in [2.24, 2.45) is 0 Å². The molecule has 0 saturated heterocycles. The predicted molar refractivity (Wildman–Crippen MR) is 112 cm³/mol. The normalized spacial score (nSPS) is 13.6. The van der Waals surface area contributed by atoms with Crippen LogP contribution in [-0.4, -0.2) is 18.4 Å². The standard InChI is InChI=1S/C25H20O5/c1-17-21(28-16-23(26)29-15-19-10-6-3-7-11-19)13-12-20-24(27)22(30-25(17)20)14-18-8-4-2-5-9-18/h2-14H,15-16H2,1H3/b22-14-. The lowest BCUT2D eigenvalue weighted by atomic mass is 10.1. The molecule has 0 amide bonds. The van der Waals surface area contributed by atoms with Crippen molar-refractivity contribution in [3.8, 4) is 11.5 Å². The van der Waals surface area contributed by atoms with Gasteiger partial charge in [0.15, 0.2) is 12.4 Å². The first-order valence-corrected chi connectivity index (χ1v) is 9.57. The zero-order valence-corrected chi connectivity index (χ0v) is 16.5. The molecule has 0 bridgehead atoms. The number of esters is 1. The third-order valence-corrected chi connectivity index (χ3v) is 4.72. The molecule has 0 N–H and O–H groups in total. The van der Waals surface area contributed by atoms with Gasteiger partial charge in [-0.2, -0.15) is 0 Å². The minimum absolute atomic E-state index is 0.175. The number of Topliss-reactive ketones (excluding diaryl/α,β-unsaturated/α-hetero) is 1. The summed E-state index contributed by atoms with van der Waals surface area (Å²) < 4.78 is 16.7. The molecule has 0 radical (unpaired) electrons. The number of carbonyl (C=O) groups excluding carboxylic acids is 2. The van der Waals surface area contributed by atoms with Gasteiger partial charge in [0, 0.05) is 5.56 Å². The zero-order chi connectivity index (χ0) is 20.9. The van der Waals surface area contributed by atoms with Gasteiger partial charge < -0.3 is 14.2 Å². The molecule has 0 saturated carbocycles. The number of fused-ring (bicyclic) bond motifs is 1. The van der Waals surface area contributed by atoms with Gasteiger partial charge in [0.1, 0.15) is 18.1 Å². The monoisotopic (exact) mass is 400 g/mol. The van der Waals surface area contributed by atoms with Crippen LogP contribution in [0.5, 0.6) is 11.5 Å². The van der Waals surface area contributed by atoms with Gasteiger partial charge in [-0.25, -0.2) is 4.79 Å². The fourth-order valence-corrected chi connectivity index (χ4v) is 3.14. The number of rotatable bonds is 6. The second-order valence-corrected chi connectivity index (χ2v) is 6.85. The highest BCUT2D eigenvalue weighted by atomic mass is 16.6. The van der Waals surface area contributed by atoms with Crippen LogP contribution in [0.2, 0.25) is 0 Å². The van der Waals surface area contributed by atoms with Crippen molar-refractivity contribution in [2.75, 3.05) is 6.61 Å². The minimum Gasteiger partial charge on any atom is -0.481 e. The lowest BCUT2D eigenvalue weighted by Gasteiger charge is -2.11. The molecule has 0 spiro atoms. The van der Waals surface area contributed by atoms with E-state index >= 15 is 0 Å². The Labute approximate surface area is 174 Å². The quantitative estimate of drug-likeness (QED) is 0.442. The van der Waals surface area contributed by atoms with E-state index in [1.54, 1.807) is 25.1 Å². The summed E-state index contributed by atoms with van der Waals surface area (Å²) in [6.45, 7) is 1.76. The van der Waals surface area contributed by atoms with E-state index in [2.05, 4.69) is 0 Å². The molecular formula is C25H20O5. The van der Waals surface area contributed by atoms with Crippen LogP contribution in [0.25, 0.3) is 6.08 Å². The molecule has 5 nitrogen and oxygen atoms in total.